The topological polar surface area (TPSA) is 79.5 Å². The lowest BCUT2D eigenvalue weighted by Crippen LogP contribution is -2.34. The molecular weight excluding hydrogens is 261 g/mol. The minimum atomic E-state index is -0.713. The highest BCUT2D eigenvalue weighted by atomic mass is 19.1. The molecule has 1 aromatic heterocycles. The first-order chi connectivity index (χ1) is 9.65. The molecule has 104 valence electrons. The smallest absolute Gasteiger partial charge is 0.261 e. The fraction of sp³-hybridized carbons (Fsp3) is 0.143. The lowest BCUT2D eigenvalue weighted by molar-refractivity contribution is 0.0977. The maximum absolute atomic E-state index is 13.7. The fourth-order valence-electron chi connectivity index (χ4n) is 1.86. The van der Waals surface area contributed by atoms with Crippen molar-refractivity contribution < 1.29 is 14.3 Å². The average Bonchev–Trinajstić information content (AvgIpc) is 2.46. The van der Waals surface area contributed by atoms with E-state index in [9.17, 15) is 9.18 Å². The molecule has 6 heteroatoms. The molecule has 3 N–H and O–H groups in total. The van der Waals surface area contributed by atoms with Gasteiger partial charge in [-0.05, 0) is 18.2 Å². The summed E-state index contributed by atoms with van der Waals surface area (Å²) in [6.45, 7) is -0.235. The zero-order valence-electron chi connectivity index (χ0n) is 10.7. The van der Waals surface area contributed by atoms with Crippen LogP contribution in [0.3, 0.4) is 0 Å². The molecule has 1 aromatic carbocycles. The number of pyridine rings is 1. The summed E-state index contributed by atoms with van der Waals surface area (Å²) in [6.07, 6.45) is 2.31. The van der Waals surface area contributed by atoms with E-state index in [1.807, 2.05) is 0 Å². The predicted molar refractivity (Wildman–Crippen MR) is 73.8 cm³/mol. The summed E-state index contributed by atoms with van der Waals surface area (Å²) < 4.78 is 13.7. The van der Waals surface area contributed by atoms with Gasteiger partial charge in [0, 0.05) is 12.7 Å². The SMILES string of the molecule is Nc1ccccc1N(CCO)C(=O)c1ccncc1F. The van der Waals surface area contributed by atoms with Gasteiger partial charge in [0.1, 0.15) is 0 Å². The number of anilines is 2. The molecule has 0 unspecified atom stereocenters. The van der Waals surface area contributed by atoms with E-state index in [1.54, 1.807) is 24.3 Å². The Bertz CT molecular complexity index is 619. The van der Waals surface area contributed by atoms with E-state index >= 15 is 0 Å². The number of benzene rings is 1. The third-order valence-corrected chi connectivity index (χ3v) is 2.80. The third kappa shape index (κ3) is 2.75. The molecule has 0 atom stereocenters. The summed E-state index contributed by atoms with van der Waals surface area (Å²) in [5.41, 5.74) is 6.52. The van der Waals surface area contributed by atoms with E-state index in [1.165, 1.54) is 17.2 Å². The number of carbonyl (C=O) groups excluding carboxylic acids is 1. The summed E-state index contributed by atoms with van der Waals surface area (Å²) in [5, 5.41) is 9.11. The fourth-order valence-corrected chi connectivity index (χ4v) is 1.86. The number of hydrogen-bond donors (Lipinski definition) is 2. The van der Waals surface area contributed by atoms with Crippen molar-refractivity contribution in [2.24, 2.45) is 0 Å². The molecule has 0 fully saturated rings. The van der Waals surface area contributed by atoms with Crippen molar-refractivity contribution in [2.75, 3.05) is 23.8 Å². The second-order valence-electron chi connectivity index (χ2n) is 4.09. The van der Waals surface area contributed by atoms with E-state index in [0.717, 1.165) is 6.20 Å². The summed E-state index contributed by atoms with van der Waals surface area (Å²) in [6, 6.07) is 8.01. The van der Waals surface area contributed by atoms with Crippen LogP contribution in [0.1, 0.15) is 10.4 Å². The molecule has 0 aliphatic carbocycles. The Morgan fingerprint density at radius 2 is 2.10 bits per heavy atom. The van der Waals surface area contributed by atoms with Gasteiger partial charge < -0.3 is 15.7 Å². The number of nitrogens with two attached hydrogens (primary N) is 1. The van der Waals surface area contributed by atoms with Crippen molar-refractivity contribution in [2.45, 2.75) is 0 Å². The van der Waals surface area contributed by atoms with Gasteiger partial charge in [-0.25, -0.2) is 4.39 Å². The summed E-state index contributed by atoms with van der Waals surface area (Å²) in [4.78, 5) is 17.2. The molecule has 20 heavy (non-hydrogen) atoms. The molecule has 1 heterocycles. The highest BCUT2D eigenvalue weighted by Gasteiger charge is 2.21. The van der Waals surface area contributed by atoms with Gasteiger partial charge in [0.2, 0.25) is 0 Å². The number of aliphatic hydroxyl groups is 1. The van der Waals surface area contributed by atoms with Crippen LogP contribution in [0.25, 0.3) is 0 Å². The van der Waals surface area contributed by atoms with E-state index in [2.05, 4.69) is 4.98 Å². The van der Waals surface area contributed by atoms with Crippen LogP contribution in [0.4, 0.5) is 15.8 Å². The quantitative estimate of drug-likeness (QED) is 0.827. The van der Waals surface area contributed by atoms with Crippen LogP contribution in [0, 0.1) is 5.82 Å². The van der Waals surface area contributed by atoms with Crippen molar-refractivity contribution in [3.8, 4) is 0 Å². The van der Waals surface area contributed by atoms with Crippen LogP contribution < -0.4 is 10.6 Å². The largest absolute Gasteiger partial charge is 0.397 e. The summed E-state index contributed by atoms with van der Waals surface area (Å²) >= 11 is 0. The third-order valence-electron chi connectivity index (χ3n) is 2.80. The Kier molecular flexibility index (Phi) is 4.27. The number of rotatable bonds is 4. The average molecular weight is 275 g/mol. The first-order valence-corrected chi connectivity index (χ1v) is 6.02. The lowest BCUT2D eigenvalue weighted by atomic mass is 10.2. The van der Waals surface area contributed by atoms with E-state index < -0.39 is 11.7 Å². The molecular formula is C14H14FN3O2. The van der Waals surface area contributed by atoms with Gasteiger partial charge in [-0.1, -0.05) is 12.1 Å². The van der Waals surface area contributed by atoms with Crippen molar-refractivity contribution in [1.29, 1.82) is 0 Å². The number of nitrogens with zero attached hydrogens (tertiary/aromatic N) is 2. The number of aliphatic hydroxyl groups excluding tert-OH is 1. The van der Waals surface area contributed by atoms with Crippen LogP contribution in [-0.2, 0) is 0 Å². The summed E-state index contributed by atoms with van der Waals surface area (Å²) in [5.74, 6) is -1.29. The van der Waals surface area contributed by atoms with Crippen LogP contribution >= 0.6 is 0 Å². The first-order valence-electron chi connectivity index (χ1n) is 6.02. The van der Waals surface area contributed by atoms with Gasteiger partial charge in [0.25, 0.3) is 5.91 Å². The Hall–Kier alpha value is -2.47. The standard InChI is InChI=1S/C14H14FN3O2/c15-11-9-17-6-5-10(11)14(20)18(7-8-19)13-4-2-1-3-12(13)16/h1-6,9,19H,7-8,16H2. The number of halogens is 1. The normalized spacial score (nSPS) is 10.3. The maximum Gasteiger partial charge on any atom is 0.261 e. The van der Waals surface area contributed by atoms with E-state index in [0.29, 0.717) is 11.4 Å². The van der Waals surface area contributed by atoms with Crippen LogP contribution in [0.2, 0.25) is 0 Å². The van der Waals surface area contributed by atoms with Gasteiger partial charge >= 0.3 is 0 Å². The van der Waals surface area contributed by atoms with Crippen molar-refractivity contribution in [1.82, 2.24) is 4.98 Å². The summed E-state index contributed by atoms with van der Waals surface area (Å²) in [7, 11) is 0. The Morgan fingerprint density at radius 3 is 2.75 bits per heavy atom. The van der Waals surface area contributed by atoms with E-state index in [4.69, 9.17) is 10.8 Å². The minimum absolute atomic E-state index is 0.0226. The highest BCUT2D eigenvalue weighted by Crippen LogP contribution is 2.24. The number of nitrogen functional groups attached to an aromatic ring is 1. The molecule has 2 aromatic rings. The molecule has 5 nitrogen and oxygen atoms in total. The number of carbonyl (C=O) groups is 1. The predicted octanol–water partition coefficient (Wildman–Crippen LogP) is 1.44. The molecule has 0 bridgehead atoms. The Morgan fingerprint density at radius 1 is 1.35 bits per heavy atom. The minimum Gasteiger partial charge on any atom is -0.397 e. The molecule has 0 spiro atoms. The van der Waals surface area contributed by atoms with Crippen LogP contribution in [-0.4, -0.2) is 29.1 Å². The zero-order chi connectivity index (χ0) is 14.5. The second kappa shape index (κ2) is 6.12. The molecule has 1 amide bonds. The monoisotopic (exact) mass is 275 g/mol. The van der Waals surface area contributed by atoms with Crippen LogP contribution in [0.5, 0.6) is 0 Å². The number of aromatic nitrogens is 1. The molecule has 0 saturated carbocycles. The molecule has 2 rings (SSSR count). The van der Waals surface area contributed by atoms with Gasteiger partial charge in [0.15, 0.2) is 5.82 Å². The van der Waals surface area contributed by atoms with E-state index in [-0.39, 0.29) is 18.7 Å². The van der Waals surface area contributed by atoms with Gasteiger partial charge in [0.05, 0.1) is 29.7 Å². The van der Waals surface area contributed by atoms with Crippen molar-refractivity contribution >= 4 is 17.3 Å². The second-order valence-corrected chi connectivity index (χ2v) is 4.09. The van der Waals surface area contributed by atoms with Crippen molar-refractivity contribution in [3.63, 3.8) is 0 Å². The number of para-hydroxylation sites is 2. The van der Waals surface area contributed by atoms with Gasteiger partial charge in [-0.3, -0.25) is 9.78 Å². The molecule has 0 aliphatic rings. The zero-order valence-corrected chi connectivity index (χ0v) is 10.7. The lowest BCUT2D eigenvalue weighted by Gasteiger charge is -2.23. The Labute approximate surface area is 115 Å². The first kappa shape index (κ1) is 14.0. The number of amides is 1. The van der Waals surface area contributed by atoms with Crippen LogP contribution in [0.15, 0.2) is 42.7 Å². The maximum atomic E-state index is 13.7. The highest BCUT2D eigenvalue weighted by molar-refractivity contribution is 6.07. The molecule has 0 radical (unpaired) electrons. The number of hydrogen-bond acceptors (Lipinski definition) is 4. The van der Waals surface area contributed by atoms with Gasteiger partial charge in [-0.15, -0.1) is 0 Å². The molecule has 0 aliphatic heterocycles. The van der Waals surface area contributed by atoms with Crippen molar-refractivity contribution in [3.05, 3.63) is 54.1 Å². The van der Waals surface area contributed by atoms with Gasteiger partial charge in [-0.2, -0.15) is 0 Å². The molecule has 0 saturated heterocycles. The Balaban J connectivity index is 2.42.